The van der Waals surface area contributed by atoms with Crippen LogP contribution >= 0.6 is 0 Å². The molecular formula is C12H19N3O2. The van der Waals surface area contributed by atoms with Gasteiger partial charge in [0.15, 0.2) is 5.75 Å². The number of amides is 1. The van der Waals surface area contributed by atoms with Crippen LogP contribution in [0.2, 0.25) is 0 Å². The van der Waals surface area contributed by atoms with Crippen LogP contribution in [-0.2, 0) is 4.79 Å². The number of carbonyl (C=O) groups is 1. The molecule has 0 aliphatic heterocycles. The third-order valence-electron chi connectivity index (χ3n) is 2.41. The minimum Gasteiger partial charge on any atom is -0.493 e. The maximum atomic E-state index is 11.7. The van der Waals surface area contributed by atoms with Crippen LogP contribution in [0.25, 0.3) is 0 Å². The molecule has 0 saturated heterocycles. The zero-order valence-corrected chi connectivity index (χ0v) is 10.9. The number of aromatic nitrogens is 1. The van der Waals surface area contributed by atoms with Crippen LogP contribution in [0, 0.1) is 6.92 Å². The predicted octanol–water partition coefficient (Wildman–Crippen LogP) is 1.29. The van der Waals surface area contributed by atoms with Crippen molar-refractivity contribution in [3.05, 3.63) is 18.0 Å². The van der Waals surface area contributed by atoms with Crippen LogP contribution in [0.4, 0.5) is 5.69 Å². The highest BCUT2D eigenvalue weighted by molar-refractivity contribution is 5.84. The van der Waals surface area contributed by atoms with E-state index in [0.29, 0.717) is 5.75 Å². The number of anilines is 1. The first kappa shape index (κ1) is 13.3. The van der Waals surface area contributed by atoms with Gasteiger partial charge in [0.1, 0.15) is 6.04 Å². The number of pyridine rings is 1. The number of methoxy groups -OCH3 is 1. The second-order valence-electron chi connectivity index (χ2n) is 4.12. The molecule has 1 aromatic rings. The Bertz CT molecular complexity index is 405. The highest BCUT2D eigenvalue weighted by Crippen LogP contribution is 2.24. The number of nitrogens with one attached hydrogen (secondary N) is 1. The van der Waals surface area contributed by atoms with Gasteiger partial charge in [-0.3, -0.25) is 9.78 Å². The maximum Gasteiger partial charge on any atom is 0.244 e. The average Bonchev–Trinajstić information content (AvgIpc) is 2.28. The SMILES string of the molecule is COc1cnc(C)cc1NC(C)C(=O)N(C)C. The molecule has 0 bridgehead atoms. The zero-order valence-electron chi connectivity index (χ0n) is 10.9. The fourth-order valence-corrected chi connectivity index (χ4v) is 1.51. The first-order valence-electron chi connectivity index (χ1n) is 5.44. The number of carbonyl (C=O) groups excluding carboxylic acids is 1. The lowest BCUT2D eigenvalue weighted by Gasteiger charge is -2.20. The fraction of sp³-hybridized carbons (Fsp3) is 0.500. The van der Waals surface area contributed by atoms with Crippen molar-refractivity contribution < 1.29 is 9.53 Å². The van der Waals surface area contributed by atoms with Crippen molar-refractivity contribution in [1.82, 2.24) is 9.88 Å². The highest BCUT2D eigenvalue weighted by Gasteiger charge is 2.16. The van der Waals surface area contributed by atoms with Gasteiger partial charge in [-0.1, -0.05) is 0 Å². The summed E-state index contributed by atoms with van der Waals surface area (Å²) in [6.07, 6.45) is 1.64. The van der Waals surface area contributed by atoms with Crippen molar-refractivity contribution in [1.29, 1.82) is 0 Å². The normalized spacial score (nSPS) is 11.8. The smallest absolute Gasteiger partial charge is 0.244 e. The number of hydrogen-bond acceptors (Lipinski definition) is 4. The van der Waals surface area contributed by atoms with Crippen LogP contribution in [0.15, 0.2) is 12.3 Å². The molecule has 1 amide bonds. The van der Waals surface area contributed by atoms with E-state index in [0.717, 1.165) is 11.4 Å². The fourth-order valence-electron chi connectivity index (χ4n) is 1.51. The van der Waals surface area contributed by atoms with Crippen LogP contribution < -0.4 is 10.1 Å². The van der Waals surface area contributed by atoms with Gasteiger partial charge in [-0.25, -0.2) is 0 Å². The van der Waals surface area contributed by atoms with Gasteiger partial charge in [-0.15, -0.1) is 0 Å². The van der Waals surface area contributed by atoms with E-state index < -0.39 is 0 Å². The molecule has 1 atom stereocenters. The van der Waals surface area contributed by atoms with Crippen molar-refractivity contribution in [2.45, 2.75) is 19.9 Å². The average molecular weight is 237 g/mol. The van der Waals surface area contributed by atoms with E-state index >= 15 is 0 Å². The second kappa shape index (κ2) is 5.52. The van der Waals surface area contributed by atoms with Crippen LogP contribution in [-0.4, -0.2) is 43.0 Å². The van der Waals surface area contributed by atoms with E-state index in [1.54, 1.807) is 32.3 Å². The Labute approximate surface area is 102 Å². The summed E-state index contributed by atoms with van der Waals surface area (Å²) < 4.78 is 5.19. The molecule has 0 aromatic carbocycles. The molecule has 1 heterocycles. The van der Waals surface area contributed by atoms with E-state index in [1.807, 2.05) is 19.9 Å². The molecule has 0 fully saturated rings. The number of rotatable bonds is 4. The van der Waals surface area contributed by atoms with E-state index in [-0.39, 0.29) is 11.9 Å². The van der Waals surface area contributed by atoms with E-state index in [4.69, 9.17) is 4.74 Å². The van der Waals surface area contributed by atoms with Gasteiger partial charge in [0.25, 0.3) is 0 Å². The zero-order chi connectivity index (χ0) is 13.0. The third-order valence-corrected chi connectivity index (χ3v) is 2.41. The second-order valence-corrected chi connectivity index (χ2v) is 4.12. The van der Waals surface area contributed by atoms with E-state index in [9.17, 15) is 4.79 Å². The first-order chi connectivity index (χ1) is 7.95. The summed E-state index contributed by atoms with van der Waals surface area (Å²) in [5.41, 5.74) is 1.65. The maximum absolute atomic E-state index is 11.7. The van der Waals surface area contributed by atoms with Gasteiger partial charge >= 0.3 is 0 Å². The molecular weight excluding hydrogens is 218 g/mol. The summed E-state index contributed by atoms with van der Waals surface area (Å²) in [6, 6.07) is 1.55. The summed E-state index contributed by atoms with van der Waals surface area (Å²) in [6.45, 7) is 3.71. The molecule has 0 saturated carbocycles. The molecule has 5 heteroatoms. The minimum atomic E-state index is -0.305. The van der Waals surface area contributed by atoms with Crippen molar-refractivity contribution in [2.75, 3.05) is 26.5 Å². The third kappa shape index (κ3) is 3.34. The van der Waals surface area contributed by atoms with Gasteiger partial charge in [0, 0.05) is 19.8 Å². The van der Waals surface area contributed by atoms with Gasteiger partial charge in [-0.05, 0) is 19.9 Å². The molecule has 0 aliphatic carbocycles. The molecule has 1 unspecified atom stereocenters. The molecule has 1 aromatic heterocycles. The van der Waals surface area contributed by atoms with Gasteiger partial charge in [-0.2, -0.15) is 0 Å². The van der Waals surface area contributed by atoms with Gasteiger partial charge < -0.3 is 15.0 Å². The molecule has 0 spiro atoms. The number of ether oxygens (including phenoxy) is 1. The topological polar surface area (TPSA) is 54.5 Å². The van der Waals surface area contributed by atoms with Crippen molar-refractivity contribution in [3.8, 4) is 5.75 Å². The predicted molar refractivity (Wildman–Crippen MR) is 67.3 cm³/mol. The molecule has 0 aliphatic rings. The lowest BCUT2D eigenvalue weighted by Crippen LogP contribution is -2.36. The van der Waals surface area contributed by atoms with Crippen LogP contribution in [0.5, 0.6) is 5.75 Å². The van der Waals surface area contributed by atoms with Crippen LogP contribution in [0.1, 0.15) is 12.6 Å². The Morgan fingerprint density at radius 2 is 2.18 bits per heavy atom. The Balaban J connectivity index is 2.87. The molecule has 1 rings (SSSR count). The Morgan fingerprint density at radius 3 is 2.71 bits per heavy atom. The molecule has 17 heavy (non-hydrogen) atoms. The Hall–Kier alpha value is -1.78. The van der Waals surface area contributed by atoms with Crippen LogP contribution in [0.3, 0.4) is 0 Å². The van der Waals surface area contributed by atoms with E-state index in [2.05, 4.69) is 10.3 Å². The molecule has 1 N–H and O–H groups in total. The summed E-state index contributed by atoms with van der Waals surface area (Å²) in [7, 11) is 5.04. The molecule has 94 valence electrons. The number of aryl methyl sites for hydroxylation is 1. The number of likely N-dealkylation sites (N-methyl/N-ethyl adjacent to an activating group) is 1. The Kier molecular flexibility index (Phi) is 4.31. The van der Waals surface area contributed by atoms with Crippen molar-refractivity contribution in [2.24, 2.45) is 0 Å². The number of hydrogen-bond donors (Lipinski definition) is 1. The first-order valence-corrected chi connectivity index (χ1v) is 5.44. The quantitative estimate of drug-likeness (QED) is 0.857. The van der Waals surface area contributed by atoms with E-state index in [1.165, 1.54) is 0 Å². The highest BCUT2D eigenvalue weighted by atomic mass is 16.5. The summed E-state index contributed by atoms with van der Waals surface area (Å²) in [4.78, 5) is 17.4. The molecule has 0 radical (unpaired) electrons. The molecule has 5 nitrogen and oxygen atoms in total. The Morgan fingerprint density at radius 1 is 1.53 bits per heavy atom. The largest absolute Gasteiger partial charge is 0.493 e. The minimum absolute atomic E-state index is 0.0153. The number of nitrogens with zero attached hydrogens (tertiary/aromatic N) is 2. The lowest BCUT2D eigenvalue weighted by atomic mass is 10.2. The summed E-state index contributed by atoms with van der Waals surface area (Å²) >= 11 is 0. The van der Waals surface area contributed by atoms with Crippen molar-refractivity contribution >= 4 is 11.6 Å². The van der Waals surface area contributed by atoms with Crippen molar-refractivity contribution in [3.63, 3.8) is 0 Å². The lowest BCUT2D eigenvalue weighted by molar-refractivity contribution is -0.129. The van der Waals surface area contributed by atoms with Gasteiger partial charge in [0.05, 0.1) is 19.0 Å². The standard InChI is InChI=1S/C12H19N3O2/c1-8-6-10(11(17-5)7-13-8)14-9(2)12(16)15(3)4/h6-7,9H,1-5H3,(H,13,14). The summed E-state index contributed by atoms with van der Waals surface area (Å²) in [5.74, 6) is 0.649. The van der Waals surface area contributed by atoms with Gasteiger partial charge in [0.2, 0.25) is 5.91 Å². The summed E-state index contributed by atoms with van der Waals surface area (Å²) in [5, 5.41) is 3.13. The monoisotopic (exact) mass is 237 g/mol.